The summed E-state index contributed by atoms with van der Waals surface area (Å²) in [6.45, 7) is 5.12. The number of aliphatic hydroxyl groups is 1. The van der Waals surface area contributed by atoms with E-state index in [0.717, 1.165) is 5.69 Å². The minimum atomic E-state index is -0.403. The number of ether oxygens (including phenoxy) is 1. The second-order valence-electron chi connectivity index (χ2n) is 4.41. The third kappa shape index (κ3) is 2.11. The molecule has 0 aliphatic carbocycles. The number of aromatic nitrogens is 2. The van der Waals surface area contributed by atoms with Crippen LogP contribution < -0.4 is 5.32 Å². The molecule has 0 spiro atoms. The Labute approximate surface area is 95.4 Å². The van der Waals surface area contributed by atoms with Gasteiger partial charge in [-0.25, -0.2) is 0 Å². The van der Waals surface area contributed by atoms with Gasteiger partial charge in [-0.05, 0) is 13.8 Å². The molecular formula is C11H19N3O2. The lowest BCUT2D eigenvalue weighted by Crippen LogP contribution is -2.40. The monoisotopic (exact) mass is 225 g/mol. The first-order valence-electron chi connectivity index (χ1n) is 5.60. The van der Waals surface area contributed by atoms with Crippen molar-refractivity contribution in [2.45, 2.75) is 32.0 Å². The third-order valence-electron chi connectivity index (χ3n) is 3.25. The van der Waals surface area contributed by atoms with E-state index in [9.17, 15) is 5.11 Å². The highest BCUT2D eigenvalue weighted by Gasteiger charge is 2.28. The first-order chi connectivity index (χ1) is 7.59. The van der Waals surface area contributed by atoms with Gasteiger partial charge in [0.1, 0.15) is 0 Å². The van der Waals surface area contributed by atoms with Gasteiger partial charge in [-0.1, -0.05) is 0 Å². The fourth-order valence-electron chi connectivity index (χ4n) is 2.05. The maximum atomic E-state index is 9.65. The molecule has 16 heavy (non-hydrogen) atoms. The SMILES string of the molecule is Cc1c(C(C)NC2COCC2O)cnn1C. The van der Waals surface area contributed by atoms with Crippen LogP contribution in [-0.2, 0) is 11.8 Å². The first kappa shape index (κ1) is 11.6. The Balaban J connectivity index is 2.02. The van der Waals surface area contributed by atoms with E-state index in [1.165, 1.54) is 5.56 Å². The Morgan fingerprint density at radius 3 is 2.88 bits per heavy atom. The van der Waals surface area contributed by atoms with E-state index in [4.69, 9.17) is 4.74 Å². The maximum Gasteiger partial charge on any atom is 0.0948 e. The quantitative estimate of drug-likeness (QED) is 0.768. The van der Waals surface area contributed by atoms with Crippen molar-refractivity contribution in [1.29, 1.82) is 0 Å². The number of rotatable bonds is 3. The second-order valence-corrected chi connectivity index (χ2v) is 4.41. The van der Waals surface area contributed by atoms with Crippen LogP contribution in [0.5, 0.6) is 0 Å². The van der Waals surface area contributed by atoms with Crippen LogP contribution in [0.15, 0.2) is 6.20 Å². The summed E-state index contributed by atoms with van der Waals surface area (Å²) in [7, 11) is 1.93. The average Bonchev–Trinajstić information content (AvgIpc) is 2.77. The Morgan fingerprint density at radius 1 is 1.62 bits per heavy atom. The molecule has 1 fully saturated rings. The van der Waals surface area contributed by atoms with Crippen molar-refractivity contribution >= 4 is 0 Å². The Morgan fingerprint density at radius 2 is 2.38 bits per heavy atom. The molecular weight excluding hydrogens is 206 g/mol. The van der Waals surface area contributed by atoms with Gasteiger partial charge in [0.25, 0.3) is 0 Å². The summed E-state index contributed by atoms with van der Waals surface area (Å²) < 4.78 is 7.06. The summed E-state index contributed by atoms with van der Waals surface area (Å²) in [5, 5.41) is 17.2. The van der Waals surface area contributed by atoms with E-state index >= 15 is 0 Å². The molecule has 1 aromatic heterocycles. The zero-order valence-electron chi connectivity index (χ0n) is 9.97. The molecule has 1 aromatic rings. The number of hydrogen-bond donors (Lipinski definition) is 2. The van der Waals surface area contributed by atoms with Gasteiger partial charge in [0.05, 0.1) is 31.6 Å². The smallest absolute Gasteiger partial charge is 0.0948 e. The molecule has 5 heteroatoms. The van der Waals surface area contributed by atoms with Gasteiger partial charge < -0.3 is 15.2 Å². The van der Waals surface area contributed by atoms with E-state index in [-0.39, 0.29) is 12.1 Å². The van der Waals surface area contributed by atoms with E-state index in [2.05, 4.69) is 17.3 Å². The van der Waals surface area contributed by atoms with Crippen LogP contribution in [0.25, 0.3) is 0 Å². The summed E-state index contributed by atoms with van der Waals surface area (Å²) in [5.74, 6) is 0. The van der Waals surface area contributed by atoms with Gasteiger partial charge in [-0.2, -0.15) is 5.10 Å². The van der Waals surface area contributed by atoms with Gasteiger partial charge in [0.2, 0.25) is 0 Å². The van der Waals surface area contributed by atoms with Crippen LogP contribution in [0.1, 0.15) is 24.2 Å². The van der Waals surface area contributed by atoms with E-state index in [0.29, 0.717) is 13.2 Å². The first-order valence-corrected chi connectivity index (χ1v) is 5.60. The lowest BCUT2D eigenvalue weighted by Gasteiger charge is -2.20. The van der Waals surface area contributed by atoms with Gasteiger partial charge in [-0.15, -0.1) is 0 Å². The van der Waals surface area contributed by atoms with Crippen LogP contribution in [0, 0.1) is 6.92 Å². The Kier molecular flexibility index (Phi) is 3.28. The lowest BCUT2D eigenvalue weighted by atomic mass is 10.1. The predicted molar refractivity (Wildman–Crippen MR) is 60.1 cm³/mol. The summed E-state index contributed by atoms with van der Waals surface area (Å²) in [6.07, 6.45) is 1.47. The molecule has 3 atom stereocenters. The lowest BCUT2D eigenvalue weighted by molar-refractivity contribution is 0.121. The van der Waals surface area contributed by atoms with E-state index in [1.807, 2.05) is 24.9 Å². The molecule has 0 radical (unpaired) electrons. The van der Waals surface area contributed by atoms with Crippen molar-refractivity contribution in [3.63, 3.8) is 0 Å². The van der Waals surface area contributed by atoms with Gasteiger partial charge in [0.15, 0.2) is 0 Å². The average molecular weight is 225 g/mol. The predicted octanol–water partition coefficient (Wildman–Crippen LogP) is 0.139. The molecule has 0 aromatic carbocycles. The van der Waals surface area contributed by atoms with Crippen LogP contribution >= 0.6 is 0 Å². The van der Waals surface area contributed by atoms with Crippen LogP contribution in [0.4, 0.5) is 0 Å². The number of nitrogens with one attached hydrogen (secondary N) is 1. The molecule has 1 saturated heterocycles. The highest BCUT2D eigenvalue weighted by Crippen LogP contribution is 2.18. The van der Waals surface area contributed by atoms with Crippen LogP contribution in [0.3, 0.4) is 0 Å². The normalized spacial score (nSPS) is 27.2. The fourth-order valence-corrected chi connectivity index (χ4v) is 2.05. The minimum Gasteiger partial charge on any atom is -0.389 e. The number of hydrogen-bond acceptors (Lipinski definition) is 4. The van der Waals surface area contributed by atoms with Crippen molar-refractivity contribution in [3.05, 3.63) is 17.5 Å². The maximum absolute atomic E-state index is 9.65. The molecule has 90 valence electrons. The number of aliphatic hydroxyl groups excluding tert-OH is 1. The Bertz CT molecular complexity index is 364. The molecule has 1 aliphatic rings. The topological polar surface area (TPSA) is 59.3 Å². The van der Waals surface area contributed by atoms with Crippen LogP contribution in [-0.4, -0.2) is 40.2 Å². The van der Waals surface area contributed by atoms with Crippen molar-refractivity contribution in [2.75, 3.05) is 13.2 Å². The second kappa shape index (κ2) is 4.53. The highest BCUT2D eigenvalue weighted by atomic mass is 16.5. The van der Waals surface area contributed by atoms with E-state index < -0.39 is 6.10 Å². The van der Waals surface area contributed by atoms with Crippen molar-refractivity contribution in [3.8, 4) is 0 Å². The van der Waals surface area contributed by atoms with Gasteiger partial charge in [0, 0.05) is 24.3 Å². The van der Waals surface area contributed by atoms with Crippen molar-refractivity contribution in [1.82, 2.24) is 15.1 Å². The largest absolute Gasteiger partial charge is 0.389 e. The molecule has 2 heterocycles. The molecule has 2 rings (SSSR count). The van der Waals surface area contributed by atoms with E-state index in [1.54, 1.807) is 0 Å². The van der Waals surface area contributed by atoms with Crippen molar-refractivity contribution in [2.24, 2.45) is 7.05 Å². The highest BCUT2D eigenvalue weighted by molar-refractivity contribution is 5.20. The summed E-state index contributed by atoms with van der Waals surface area (Å²) >= 11 is 0. The van der Waals surface area contributed by atoms with Crippen molar-refractivity contribution < 1.29 is 9.84 Å². The summed E-state index contributed by atoms with van der Waals surface area (Å²) in [4.78, 5) is 0. The summed E-state index contributed by atoms with van der Waals surface area (Å²) in [5.41, 5.74) is 2.31. The minimum absolute atomic E-state index is 0.0228. The zero-order valence-corrected chi connectivity index (χ0v) is 9.97. The molecule has 5 nitrogen and oxygen atoms in total. The third-order valence-corrected chi connectivity index (χ3v) is 3.25. The van der Waals surface area contributed by atoms with Crippen LogP contribution in [0.2, 0.25) is 0 Å². The number of nitrogens with zero attached hydrogens (tertiary/aromatic N) is 2. The molecule has 3 unspecified atom stereocenters. The molecule has 0 bridgehead atoms. The zero-order chi connectivity index (χ0) is 11.7. The molecule has 2 N–H and O–H groups in total. The Hall–Kier alpha value is -0.910. The molecule has 1 aliphatic heterocycles. The summed E-state index contributed by atoms with van der Waals surface area (Å²) in [6, 6.07) is 0.199. The fraction of sp³-hybridized carbons (Fsp3) is 0.727. The molecule has 0 amide bonds. The molecule has 0 saturated carbocycles. The number of aryl methyl sites for hydroxylation is 1. The standard InChI is InChI=1S/C11H19N3O2/c1-7(9-4-12-14(3)8(9)2)13-10-5-16-6-11(10)15/h4,7,10-11,13,15H,5-6H2,1-3H3. The van der Waals surface area contributed by atoms with Gasteiger partial charge in [-0.3, -0.25) is 4.68 Å². The van der Waals surface area contributed by atoms with Gasteiger partial charge >= 0.3 is 0 Å².